The minimum absolute atomic E-state index is 0.0309. The number of nitrogens with one attached hydrogen (secondary N) is 1. The maximum atomic E-state index is 12.2. The first kappa shape index (κ1) is 15.5. The number of carbonyl (C=O) groups is 2. The highest BCUT2D eigenvalue weighted by molar-refractivity contribution is 5.86. The summed E-state index contributed by atoms with van der Waals surface area (Å²) in [5.41, 5.74) is 1.37. The molecule has 0 radical (unpaired) electrons. The molecular weight excluding hydrogens is 264 g/mol. The summed E-state index contributed by atoms with van der Waals surface area (Å²) in [6.07, 6.45) is 3.16. The van der Waals surface area contributed by atoms with Crippen molar-refractivity contribution in [1.29, 1.82) is 0 Å². The zero-order valence-corrected chi connectivity index (χ0v) is 12.8. The summed E-state index contributed by atoms with van der Waals surface area (Å²) in [4.78, 5) is 25.1. The molecule has 1 aromatic rings. The fourth-order valence-corrected chi connectivity index (χ4v) is 2.95. The largest absolute Gasteiger partial charge is 0.345 e. The maximum Gasteiger partial charge on any atom is 0.244 e. The third-order valence-corrected chi connectivity index (χ3v) is 4.08. The van der Waals surface area contributed by atoms with Crippen molar-refractivity contribution in [2.45, 2.75) is 39.2 Å². The summed E-state index contributed by atoms with van der Waals surface area (Å²) in [7, 11) is 0. The standard InChI is InChI=1S/C17H24N2O2/c1-13(18-14(2)20)17(21)19-10-8-16(9-11-19)12-15-6-4-3-5-7-15/h3-7,13,16H,8-12H2,1-2H3,(H,18,20)/t13-/m0/s1. The number of carbonyl (C=O) groups excluding carboxylic acids is 2. The molecule has 114 valence electrons. The maximum absolute atomic E-state index is 12.2. The molecule has 0 aliphatic carbocycles. The lowest BCUT2D eigenvalue weighted by Gasteiger charge is -2.33. The second-order valence-corrected chi connectivity index (χ2v) is 5.88. The molecule has 21 heavy (non-hydrogen) atoms. The van der Waals surface area contributed by atoms with Crippen LogP contribution in [0, 0.1) is 5.92 Å². The van der Waals surface area contributed by atoms with Crippen molar-refractivity contribution >= 4 is 11.8 Å². The van der Waals surface area contributed by atoms with E-state index in [9.17, 15) is 9.59 Å². The molecule has 4 heteroatoms. The lowest BCUT2D eigenvalue weighted by molar-refractivity contribution is -0.136. The third kappa shape index (κ3) is 4.59. The van der Waals surface area contributed by atoms with E-state index in [0.717, 1.165) is 32.4 Å². The highest BCUT2D eigenvalue weighted by Gasteiger charge is 2.26. The molecule has 0 unspecified atom stereocenters. The summed E-state index contributed by atoms with van der Waals surface area (Å²) in [6, 6.07) is 10.1. The molecule has 1 aliphatic heterocycles. The molecule has 0 saturated carbocycles. The number of nitrogens with zero attached hydrogens (tertiary/aromatic N) is 1. The topological polar surface area (TPSA) is 49.4 Å². The van der Waals surface area contributed by atoms with E-state index in [4.69, 9.17) is 0 Å². The molecule has 1 atom stereocenters. The number of piperidine rings is 1. The Kier molecular flexibility index (Phi) is 5.37. The van der Waals surface area contributed by atoms with Gasteiger partial charge in [0.15, 0.2) is 0 Å². The van der Waals surface area contributed by atoms with E-state index in [1.165, 1.54) is 12.5 Å². The average molecular weight is 288 g/mol. The molecule has 1 fully saturated rings. The Morgan fingerprint density at radius 3 is 2.43 bits per heavy atom. The molecule has 1 heterocycles. The van der Waals surface area contributed by atoms with Crippen molar-refractivity contribution in [3.05, 3.63) is 35.9 Å². The second-order valence-electron chi connectivity index (χ2n) is 5.88. The first-order valence-corrected chi connectivity index (χ1v) is 7.66. The average Bonchev–Trinajstić information content (AvgIpc) is 2.47. The zero-order valence-electron chi connectivity index (χ0n) is 12.8. The van der Waals surface area contributed by atoms with Crippen molar-refractivity contribution in [1.82, 2.24) is 10.2 Å². The van der Waals surface area contributed by atoms with Crippen LogP contribution >= 0.6 is 0 Å². The molecular formula is C17H24N2O2. The molecule has 0 bridgehead atoms. The van der Waals surface area contributed by atoms with Gasteiger partial charge in [-0.1, -0.05) is 30.3 Å². The Bertz CT molecular complexity index is 479. The molecule has 0 aromatic heterocycles. The first-order valence-electron chi connectivity index (χ1n) is 7.66. The SMILES string of the molecule is CC(=O)N[C@@H](C)C(=O)N1CCC(Cc2ccccc2)CC1. The zero-order chi connectivity index (χ0) is 15.2. The molecule has 4 nitrogen and oxygen atoms in total. The van der Waals surface area contributed by atoms with E-state index in [0.29, 0.717) is 5.92 Å². The molecule has 1 saturated heterocycles. The normalized spacial score (nSPS) is 17.3. The van der Waals surface area contributed by atoms with Gasteiger partial charge in [0, 0.05) is 20.0 Å². The first-order chi connectivity index (χ1) is 10.1. The molecule has 1 aromatic carbocycles. The Labute approximate surface area is 126 Å². The van der Waals surface area contributed by atoms with Crippen molar-refractivity contribution in [2.24, 2.45) is 5.92 Å². The van der Waals surface area contributed by atoms with Crippen molar-refractivity contribution in [2.75, 3.05) is 13.1 Å². The summed E-state index contributed by atoms with van der Waals surface area (Å²) >= 11 is 0. The van der Waals surface area contributed by atoms with E-state index in [1.807, 2.05) is 11.0 Å². The van der Waals surface area contributed by atoms with Crippen LogP contribution in [0.15, 0.2) is 30.3 Å². The predicted octanol–water partition coefficient (Wildman–Crippen LogP) is 1.99. The van der Waals surface area contributed by atoms with Gasteiger partial charge in [-0.15, -0.1) is 0 Å². The Morgan fingerprint density at radius 2 is 1.86 bits per heavy atom. The van der Waals surface area contributed by atoms with Crippen LogP contribution in [0.5, 0.6) is 0 Å². The summed E-state index contributed by atoms with van der Waals surface area (Å²) in [5, 5.41) is 2.66. The number of likely N-dealkylation sites (tertiary alicyclic amines) is 1. The summed E-state index contributed by atoms with van der Waals surface area (Å²) < 4.78 is 0. The van der Waals surface area contributed by atoms with Gasteiger partial charge in [0.05, 0.1) is 0 Å². The van der Waals surface area contributed by atoms with E-state index >= 15 is 0 Å². The van der Waals surface area contributed by atoms with Gasteiger partial charge in [-0.2, -0.15) is 0 Å². The van der Waals surface area contributed by atoms with Crippen LogP contribution in [0.25, 0.3) is 0 Å². The van der Waals surface area contributed by atoms with Crippen LogP contribution in [0.4, 0.5) is 0 Å². The number of benzene rings is 1. The molecule has 2 amide bonds. The highest BCUT2D eigenvalue weighted by Crippen LogP contribution is 2.22. The van der Waals surface area contributed by atoms with Crippen LogP contribution in [0.2, 0.25) is 0 Å². The van der Waals surface area contributed by atoms with Crippen molar-refractivity contribution < 1.29 is 9.59 Å². The smallest absolute Gasteiger partial charge is 0.244 e. The van der Waals surface area contributed by atoms with Gasteiger partial charge in [-0.05, 0) is 37.7 Å². The number of amides is 2. The van der Waals surface area contributed by atoms with Gasteiger partial charge >= 0.3 is 0 Å². The van der Waals surface area contributed by atoms with Gasteiger partial charge in [-0.3, -0.25) is 9.59 Å². The number of hydrogen-bond acceptors (Lipinski definition) is 2. The predicted molar refractivity (Wildman–Crippen MR) is 82.7 cm³/mol. The Hall–Kier alpha value is -1.84. The van der Waals surface area contributed by atoms with Crippen molar-refractivity contribution in [3.8, 4) is 0 Å². The molecule has 0 spiro atoms. The minimum Gasteiger partial charge on any atom is -0.345 e. The van der Waals surface area contributed by atoms with Crippen LogP contribution < -0.4 is 5.32 Å². The lowest BCUT2D eigenvalue weighted by Crippen LogP contribution is -2.49. The van der Waals surface area contributed by atoms with E-state index in [-0.39, 0.29) is 11.8 Å². The molecule has 1 aliphatic rings. The third-order valence-electron chi connectivity index (χ3n) is 4.08. The van der Waals surface area contributed by atoms with E-state index in [2.05, 4.69) is 29.6 Å². The Morgan fingerprint density at radius 1 is 1.24 bits per heavy atom. The fourth-order valence-electron chi connectivity index (χ4n) is 2.95. The van der Waals surface area contributed by atoms with Gasteiger partial charge in [0.2, 0.25) is 11.8 Å². The minimum atomic E-state index is -0.423. The van der Waals surface area contributed by atoms with Crippen LogP contribution in [0.3, 0.4) is 0 Å². The van der Waals surface area contributed by atoms with Gasteiger partial charge < -0.3 is 10.2 Å². The van der Waals surface area contributed by atoms with Crippen LogP contribution in [0.1, 0.15) is 32.3 Å². The van der Waals surface area contributed by atoms with E-state index < -0.39 is 6.04 Å². The fraction of sp³-hybridized carbons (Fsp3) is 0.529. The Balaban J connectivity index is 1.80. The second kappa shape index (κ2) is 7.25. The van der Waals surface area contributed by atoms with E-state index in [1.54, 1.807) is 6.92 Å². The molecule has 1 N–H and O–H groups in total. The van der Waals surface area contributed by atoms with Crippen LogP contribution in [-0.2, 0) is 16.0 Å². The molecule has 2 rings (SSSR count). The van der Waals surface area contributed by atoms with Crippen molar-refractivity contribution in [3.63, 3.8) is 0 Å². The summed E-state index contributed by atoms with van der Waals surface area (Å²) in [6.45, 7) is 4.77. The van der Waals surface area contributed by atoms with Gasteiger partial charge in [0.25, 0.3) is 0 Å². The summed E-state index contributed by atoms with van der Waals surface area (Å²) in [5.74, 6) is 0.519. The van der Waals surface area contributed by atoms with Gasteiger partial charge in [-0.25, -0.2) is 0 Å². The lowest BCUT2D eigenvalue weighted by atomic mass is 9.90. The van der Waals surface area contributed by atoms with Crippen LogP contribution in [-0.4, -0.2) is 35.8 Å². The highest BCUT2D eigenvalue weighted by atomic mass is 16.2. The van der Waals surface area contributed by atoms with Gasteiger partial charge in [0.1, 0.15) is 6.04 Å². The number of hydrogen-bond donors (Lipinski definition) is 1. The monoisotopic (exact) mass is 288 g/mol. The quantitative estimate of drug-likeness (QED) is 0.921. The number of rotatable bonds is 4.